The van der Waals surface area contributed by atoms with E-state index in [1.165, 1.54) is 37.3 Å². The number of rotatable bonds is 3. The van der Waals surface area contributed by atoms with Crippen LogP contribution in [0.4, 0.5) is 0 Å². The molecule has 30 heavy (non-hydrogen) atoms. The molecule has 2 aliphatic carbocycles. The third kappa shape index (κ3) is 3.80. The van der Waals surface area contributed by atoms with Crippen molar-refractivity contribution in [3.63, 3.8) is 0 Å². The van der Waals surface area contributed by atoms with Gasteiger partial charge in [-0.2, -0.15) is 0 Å². The van der Waals surface area contributed by atoms with Gasteiger partial charge in [0, 0.05) is 11.6 Å². The van der Waals surface area contributed by atoms with Crippen molar-refractivity contribution in [3.05, 3.63) is 34.4 Å². The minimum atomic E-state index is -1.13. The first-order valence-electron chi connectivity index (χ1n) is 11.4. The number of carbonyl (C=O) groups excluding carboxylic acids is 1. The summed E-state index contributed by atoms with van der Waals surface area (Å²) in [5.74, 6) is 0.156. The van der Waals surface area contributed by atoms with Crippen LogP contribution in [0.1, 0.15) is 79.1 Å². The summed E-state index contributed by atoms with van der Waals surface area (Å²) in [6.45, 7) is 9.58. The Morgan fingerprint density at radius 2 is 1.93 bits per heavy atom. The van der Waals surface area contributed by atoms with Gasteiger partial charge < -0.3 is 19.7 Å². The molecule has 0 saturated heterocycles. The number of ether oxygens (including phenoxy) is 2. The maximum Gasteiger partial charge on any atom is 0.333 e. The molecule has 0 aromatic carbocycles. The Labute approximate surface area is 179 Å². The fourth-order valence-corrected chi connectivity index (χ4v) is 6.66. The third-order valence-corrected chi connectivity index (χ3v) is 8.24. The fourth-order valence-electron chi connectivity index (χ4n) is 6.66. The van der Waals surface area contributed by atoms with E-state index in [4.69, 9.17) is 9.47 Å². The lowest BCUT2D eigenvalue weighted by molar-refractivity contribution is -0.198. The topological polar surface area (TPSA) is 76.0 Å². The number of aliphatic hydroxyl groups is 2. The second-order valence-electron chi connectivity index (χ2n) is 10.5. The van der Waals surface area contributed by atoms with Crippen LogP contribution in [0, 0.1) is 16.7 Å². The molecule has 0 unspecified atom stereocenters. The normalized spacial score (nSPS) is 40.4. The molecule has 2 N–H and O–H groups in total. The van der Waals surface area contributed by atoms with Crippen LogP contribution in [0.2, 0.25) is 0 Å². The summed E-state index contributed by atoms with van der Waals surface area (Å²) in [7, 11) is 0. The van der Waals surface area contributed by atoms with Crippen molar-refractivity contribution in [2.24, 2.45) is 16.7 Å². The standard InChI is InChI=1S/C25H36O5/c1-15-6-11-20-24(2,3)12-5-13-25(20,4)18(15)9-7-16-8-10-19(26)17-14-21(27)29-23(17)30-22(16)28/h8,14,19-20,22-23,26,28H,5-7,9-13H2,1-4H3/b16-8-/t19-,20-,22+,23+,25+/m0/s1. The molecule has 1 fully saturated rings. The maximum atomic E-state index is 11.6. The molecular formula is C25H36O5. The van der Waals surface area contributed by atoms with Crippen molar-refractivity contribution in [3.8, 4) is 0 Å². The van der Waals surface area contributed by atoms with Crippen molar-refractivity contribution in [1.82, 2.24) is 0 Å². The van der Waals surface area contributed by atoms with E-state index in [2.05, 4.69) is 27.7 Å². The first-order valence-corrected chi connectivity index (χ1v) is 11.4. The number of esters is 1. The summed E-state index contributed by atoms with van der Waals surface area (Å²) < 4.78 is 10.7. The largest absolute Gasteiger partial charge is 0.428 e. The number of aliphatic hydroxyl groups excluding tert-OH is 2. The average molecular weight is 417 g/mol. The highest BCUT2D eigenvalue weighted by Gasteiger charge is 2.49. The smallest absolute Gasteiger partial charge is 0.333 e. The Hall–Kier alpha value is -1.43. The van der Waals surface area contributed by atoms with Gasteiger partial charge in [-0.15, -0.1) is 0 Å². The van der Waals surface area contributed by atoms with E-state index in [1.54, 1.807) is 5.57 Å². The van der Waals surface area contributed by atoms with Gasteiger partial charge >= 0.3 is 5.97 Å². The molecule has 2 aliphatic heterocycles. The quantitative estimate of drug-likeness (QED) is 0.522. The van der Waals surface area contributed by atoms with Gasteiger partial charge in [0.15, 0.2) is 6.29 Å². The van der Waals surface area contributed by atoms with Crippen LogP contribution in [-0.4, -0.2) is 34.9 Å². The van der Waals surface area contributed by atoms with Crippen molar-refractivity contribution < 1.29 is 24.5 Å². The van der Waals surface area contributed by atoms with Crippen LogP contribution in [0.5, 0.6) is 0 Å². The van der Waals surface area contributed by atoms with Crippen molar-refractivity contribution in [2.75, 3.05) is 0 Å². The van der Waals surface area contributed by atoms with E-state index in [9.17, 15) is 15.0 Å². The van der Waals surface area contributed by atoms with Gasteiger partial charge in [0.05, 0.1) is 6.10 Å². The van der Waals surface area contributed by atoms with Gasteiger partial charge in [-0.25, -0.2) is 4.79 Å². The van der Waals surface area contributed by atoms with Gasteiger partial charge in [0.1, 0.15) is 0 Å². The summed E-state index contributed by atoms with van der Waals surface area (Å²) in [4.78, 5) is 11.6. The molecule has 1 saturated carbocycles. The van der Waals surface area contributed by atoms with Crippen LogP contribution >= 0.6 is 0 Å². The summed E-state index contributed by atoms with van der Waals surface area (Å²) in [6.07, 6.45) is 8.32. The molecule has 0 amide bonds. The molecule has 0 bridgehead atoms. The molecule has 5 atom stereocenters. The van der Waals surface area contributed by atoms with Crippen LogP contribution in [-0.2, 0) is 14.3 Å². The summed E-state index contributed by atoms with van der Waals surface area (Å²) in [5.41, 5.74) is 4.78. The minimum absolute atomic E-state index is 0.217. The van der Waals surface area contributed by atoms with Crippen LogP contribution in [0.15, 0.2) is 34.4 Å². The molecule has 0 aromatic heterocycles. The predicted octanol–water partition coefficient (Wildman–Crippen LogP) is 4.54. The molecule has 4 aliphatic rings. The number of hydrogen-bond acceptors (Lipinski definition) is 5. The van der Waals surface area contributed by atoms with Gasteiger partial charge in [0.25, 0.3) is 0 Å². The van der Waals surface area contributed by atoms with E-state index in [0.29, 0.717) is 29.7 Å². The lowest BCUT2D eigenvalue weighted by atomic mass is 9.50. The SMILES string of the molecule is CC1=C(CC/C2=C/C[C@H](O)C3=CC(=O)O[C@@H]3O[C@H]2O)[C@@]2(C)CCCC(C)(C)[C@@H]2CC1. The van der Waals surface area contributed by atoms with Crippen LogP contribution < -0.4 is 0 Å². The molecule has 2 heterocycles. The number of carbonyl (C=O) groups is 1. The van der Waals surface area contributed by atoms with Gasteiger partial charge in [-0.3, -0.25) is 0 Å². The summed E-state index contributed by atoms with van der Waals surface area (Å²) >= 11 is 0. The lowest BCUT2D eigenvalue weighted by Crippen LogP contribution is -2.45. The molecule has 166 valence electrons. The molecule has 0 aromatic rings. The zero-order chi connectivity index (χ0) is 21.7. The van der Waals surface area contributed by atoms with Crippen molar-refractivity contribution in [2.45, 2.75) is 97.7 Å². The van der Waals surface area contributed by atoms with E-state index in [0.717, 1.165) is 18.4 Å². The van der Waals surface area contributed by atoms with E-state index in [1.807, 2.05) is 6.08 Å². The number of hydrogen-bond donors (Lipinski definition) is 2. The molecule has 5 nitrogen and oxygen atoms in total. The molecule has 4 rings (SSSR count). The fraction of sp³-hybridized carbons (Fsp3) is 0.720. The maximum absolute atomic E-state index is 11.6. The number of allylic oxidation sites excluding steroid dienone is 2. The van der Waals surface area contributed by atoms with Crippen LogP contribution in [0.3, 0.4) is 0 Å². The monoisotopic (exact) mass is 416 g/mol. The number of fused-ring (bicyclic) bond motifs is 2. The zero-order valence-corrected chi connectivity index (χ0v) is 18.7. The second-order valence-corrected chi connectivity index (χ2v) is 10.5. The first-order chi connectivity index (χ1) is 14.1. The third-order valence-electron chi connectivity index (χ3n) is 8.24. The molecule has 0 radical (unpaired) electrons. The van der Waals surface area contributed by atoms with Gasteiger partial charge in [0.2, 0.25) is 6.29 Å². The first kappa shape index (κ1) is 21.8. The predicted molar refractivity (Wildman–Crippen MR) is 114 cm³/mol. The Kier molecular flexibility index (Phi) is 5.75. The highest BCUT2D eigenvalue weighted by atomic mass is 16.7. The highest BCUT2D eigenvalue weighted by Crippen LogP contribution is 2.60. The van der Waals surface area contributed by atoms with E-state index in [-0.39, 0.29) is 5.41 Å². The minimum Gasteiger partial charge on any atom is -0.428 e. The molecule has 0 spiro atoms. The molecular weight excluding hydrogens is 380 g/mol. The molecule has 5 heteroatoms. The Bertz CT molecular complexity index is 804. The van der Waals surface area contributed by atoms with Crippen molar-refractivity contribution >= 4 is 5.97 Å². The lowest BCUT2D eigenvalue weighted by Gasteiger charge is -2.55. The Morgan fingerprint density at radius 1 is 1.17 bits per heavy atom. The van der Waals surface area contributed by atoms with E-state index < -0.39 is 24.7 Å². The average Bonchev–Trinajstić information content (AvgIpc) is 3.01. The van der Waals surface area contributed by atoms with E-state index >= 15 is 0 Å². The Morgan fingerprint density at radius 3 is 2.70 bits per heavy atom. The van der Waals surface area contributed by atoms with Crippen LogP contribution in [0.25, 0.3) is 0 Å². The second kappa shape index (κ2) is 7.92. The zero-order valence-electron chi connectivity index (χ0n) is 18.7. The Balaban J connectivity index is 1.52. The summed E-state index contributed by atoms with van der Waals surface area (Å²) in [5, 5.41) is 21.1. The highest BCUT2D eigenvalue weighted by molar-refractivity contribution is 5.85. The van der Waals surface area contributed by atoms with Gasteiger partial charge in [-0.05, 0) is 74.2 Å². The summed E-state index contributed by atoms with van der Waals surface area (Å²) in [6, 6.07) is 0. The van der Waals surface area contributed by atoms with Crippen molar-refractivity contribution in [1.29, 1.82) is 0 Å². The van der Waals surface area contributed by atoms with Gasteiger partial charge in [-0.1, -0.05) is 44.4 Å².